The van der Waals surface area contributed by atoms with Crippen LogP contribution in [0, 0.1) is 5.82 Å². The molecule has 0 bridgehead atoms. The molecule has 2 aromatic rings. The molecule has 2 atom stereocenters. The number of carbonyl (C=O) groups is 1. The Kier molecular flexibility index (Phi) is 4.05. The molecule has 3 nitrogen and oxygen atoms in total. The highest BCUT2D eigenvalue weighted by atomic mass is 35.5. The molecule has 25 heavy (non-hydrogen) atoms. The fourth-order valence-electron chi connectivity index (χ4n) is 4.07. The number of likely N-dealkylation sites (N-methyl/N-ethyl adjacent to an activating group) is 1. The summed E-state index contributed by atoms with van der Waals surface area (Å²) in [5.74, 6) is -0.0874. The Balaban J connectivity index is 1.67. The van der Waals surface area contributed by atoms with Gasteiger partial charge in [0.05, 0.1) is 0 Å². The van der Waals surface area contributed by atoms with Crippen molar-refractivity contribution in [1.29, 1.82) is 0 Å². The number of benzene rings is 2. The molecule has 1 spiro atoms. The van der Waals surface area contributed by atoms with Crippen LogP contribution in [0.15, 0.2) is 42.5 Å². The Bertz CT molecular complexity index is 840. The van der Waals surface area contributed by atoms with Crippen molar-refractivity contribution in [3.05, 3.63) is 58.9 Å². The predicted molar refractivity (Wildman–Crippen MR) is 96.9 cm³/mol. The number of hydrogen-bond acceptors (Lipinski definition) is 2. The molecule has 4 rings (SSSR count). The van der Waals surface area contributed by atoms with E-state index in [0.717, 1.165) is 36.9 Å². The molecule has 130 valence electrons. The quantitative estimate of drug-likeness (QED) is 0.873. The van der Waals surface area contributed by atoms with E-state index in [0.29, 0.717) is 10.6 Å². The van der Waals surface area contributed by atoms with E-state index >= 15 is 0 Å². The Morgan fingerprint density at radius 3 is 2.76 bits per heavy atom. The number of nitrogens with zero attached hydrogens (tertiary/aromatic N) is 1. The maximum absolute atomic E-state index is 14.1. The molecule has 2 heterocycles. The van der Waals surface area contributed by atoms with Crippen molar-refractivity contribution < 1.29 is 9.18 Å². The number of rotatable bonds is 2. The molecule has 1 amide bonds. The zero-order chi connectivity index (χ0) is 17.6. The van der Waals surface area contributed by atoms with Crippen molar-refractivity contribution in [3.63, 3.8) is 0 Å². The lowest BCUT2D eigenvalue weighted by Crippen LogP contribution is -2.47. The van der Waals surface area contributed by atoms with Gasteiger partial charge in [0.1, 0.15) is 11.4 Å². The summed E-state index contributed by atoms with van der Waals surface area (Å²) in [6, 6.07) is 12.3. The average Bonchev–Trinajstić information content (AvgIpc) is 3.16. The second kappa shape index (κ2) is 6.11. The fourth-order valence-corrected chi connectivity index (χ4v) is 4.32. The van der Waals surface area contributed by atoms with E-state index in [-0.39, 0.29) is 17.8 Å². The number of nitrogens with one attached hydrogen (secondary N) is 1. The molecule has 2 aromatic carbocycles. The number of halogens is 2. The minimum atomic E-state index is -0.462. The first-order chi connectivity index (χ1) is 12.0. The topological polar surface area (TPSA) is 32.3 Å². The van der Waals surface area contributed by atoms with Crippen LogP contribution in [0.4, 0.5) is 4.39 Å². The van der Waals surface area contributed by atoms with Crippen LogP contribution in [-0.2, 0) is 4.79 Å². The monoisotopic (exact) mass is 358 g/mol. The van der Waals surface area contributed by atoms with Gasteiger partial charge in [-0.2, -0.15) is 0 Å². The molecule has 5 heteroatoms. The summed E-state index contributed by atoms with van der Waals surface area (Å²) in [6.07, 6.45) is 2.48. The molecule has 0 saturated carbocycles. The molecular weight excluding hydrogens is 339 g/mol. The summed E-state index contributed by atoms with van der Waals surface area (Å²) in [5, 5.41) is 4.17. The van der Waals surface area contributed by atoms with E-state index in [4.69, 9.17) is 11.6 Å². The van der Waals surface area contributed by atoms with Gasteiger partial charge in [0.2, 0.25) is 5.91 Å². The highest BCUT2D eigenvalue weighted by molar-refractivity contribution is 6.31. The van der Waals surface area contributed by atoms with Gasteiger partial charge in [0.25, 0.3) is 0 Å². The van der Waals surface area contributed by atoms with Crippen LogP contribution in [0.3, 0.4) is 0 Å². The van der Waals surface area contributed by atoms with Crippen LogP contribution in [0.2, 0.25) is 5.02 Å². The van der Waals surface area contributed by atoms with Crippen molar-refractivity contribution in [3.8, 4) is 11.1 Å². The van der Waals surface area contributed by atoms with Gasteiger partial charge < -0.3 is 4.90 Å². The predicted octanol–water partition coefficient (Wildman–Crippen LogP) is 4.17. The van der Waals surface area contributed by atoms with Gasteiger partial charge in [0.15, 0.2) is 0 Å². The van der Waals surface area contributed by atoms with Gasteiger partial charge in [-0.05, 0) is 48.6 Å². The van der Waals surface area contributed by atoms with E-state index in [9.17, 15) is 9.18 Å². The van der Waals surface area contributed by atoms with Crippen LogP contribution in [-0.4, -0.2) is 29.9 Å². The zero-order valence-electron chi connectivity index (χ0n) is 14.1. The van der Waals surface area contributed by atoms with Crippen molar-refractivity contribution >= 4 is 17.5 Å². The lowest BCUT2D eigenvalue weighted by atomic mass is 9.95. The molecule has 2 aliphatic rings. The number of likely N-dealkylation sites (tertiary alicyclic amines) is 1. The van der Waals surface area contributed by atoms with Crippen LogP contribution < -0.4 is 5.32 Å². The molecule has 0 aromatic heterocycles. The third-order valence-corrected chi connectivity index (χ3v) is 5.84. The summed E-state index contributed by atoms with van der Waals surface area (Å²) in [6.45, 7) is 0.779. The highest BCUT2D eigenvalue weighted by Gasteiger charge is 2.50. The van der Waals surface area contributed by atoms with Gasteiger partial charge in [-0.1, -0.05) is 35.9 Å². The van der Waals surface area contributed by atoms with Crippen molar-refractivity contribution in [1.82, 2.24) is 10.2 Å². The van der Waals surface area contributed by atoms with Gasteiger partial charge >= 0.3 is 0 Å². The lowest BCUT2D eigenvalue weighted by molar-refractivity contribution is -0.131. The van der Waals surface area contributed by atoms with Crippen molar-refractivity contribution in [2.45, 2.75) is 30.8 Å². The van der Waals surface area contributed by atoms with Crippen LogP contribution in [0.5, 0.6) is 0 Å². The molecule has 0 unspecified atom stereocenters. The summed E-state index contributed by atoms with van der Waals surface area (Å²) < 4.78 is 14.1. The Hall–Kier alpha value is -1.91. The normalized spacial score (nSPS) is 26.0. The van der Waals surface area contributed by atoms with Crippen LogP contribution in [0.25, 0.3) is 11.1 Å². The summed E-state index contributed by atoms with van der Waals surface area (Å²) in [5.41, 5.74) is 1.83. The second-order valence-electron chi connectivity index (χ2n) is 7.01. The average molecular weight is 359 g/mol. The second-order valence-corrected chi connectivity index (χ2v) is 7.42. The zero-order valence-corrected chi connectivity index (χ0v) is 14.8. The molecule has 1 N–H and O–H groups in total. The van der Waals surface area contributed by atoms with Crippen molar-refractivity contribution in [2.24, 2.45) is 0 Å². The molecule has 2 aliphatic heterocycles. The molecule has 2 fully saturated rings. The Morgan fingerprint density at radius 1 is 1.24 bits per heavy atom. The standard InChI is InChI=1S/C20H20ClFN2O/c1-24-11-10-20(19(24)25)9-8-18(23-20)15-12-13(6-7-16(15)21)14-4-2-3-5-17(14)22/h2-7,12,18,23H,8-11H2,1H3/t18-,20+/m1/s1. The molecule has 0 radical (unpaired) electrons. The van der Waals surface area contributed by atoms with Gasteiger partial charge in [-0.25, -0.2) is 4.39 Å². The van der Waals surface area contributed by atoms with Crippen molar-refractivity contribution in [2.75, 3.05) is 13.6 Å². The number of amides is 1. The SMILES string of the molecule is CN1CC[C@@]2(CC[C@H](c3cc(-c4ccccc4F)ccc3Cl)N2)C1=O. The van der Waals surface area contributed by atoms with Gasteiger partial charge in [0, 0.05) is 30.2 Å². The van der Waals surface area contributed by atoms with E-state index in [2.05, 4.69) is 5.32 Å². The highest BCUT2D eigenvalue weighted by Crippen LogP contribution is 2.41. The van der Waals surface area contributed by atoms with E-state index in [1.807, 2.05) is 31.3 Å². The first kappa shape index (κ1) is 16.6. The molecular formula is C20H20ClFN2O. The van der Waals surface area contributed by atoms with Crippen LogP contribution >= 0.6 is 11.6 Å². The summed E-state index contributed by atoms with van der Waals surface area (Å²) in [4.78, 5) is 14.3. The van der Waals surface area contributed by atoms with Gasteiger partial charge in [-0.15, -0.1) is 0 Å². The largest absolute Gasteiger partial charge is 0.344 e. The molecule has 0 aliphatic carbocycles. The third-order valence-electron chi connectivity index (χ3n) is 5.50. The maximum atomic E-state index is 14.1. The van der Waals surface area contributed by atoms with Crippen LogP contribution in [0.1, 0.15) is 30.9 Å². The fraction of sp³-hybridized carbons (Fsp3) is 0.350. The van der Waals surface area contributed by atoms with E-state index < -0.39 is 5.54 Å². The van der Waals surface area contributed by atoms with Gasteiger partial charge in [-0.3, -0.25) is 10.1 Å². The Labute approximate surface area is 151 Å². The first-order valence-corrected chi connectivity index (χ1v) is 8.96. The first-order valence-electron chi connectivity index (χ1n) is 8.58. The maximum Gasteiger partial charge on any atom is 0.242 e. The summed E-state index contributed by atoms with van der Waals surface area (Å²) >= 11 is 6.43. The third kappa shape index (κ3) is 2.74. The Morgan fingerprint density at radius 2 is 2.04 bits per heavy atom. The van der Waals surface area contributed by atoms with E-state index in [1.165, 1.54) is 6.07 Å². The minimum Gasteiger partial charge on any atom is -0.344 e. The minimum absolute atomic E-state index is 0.00896. The number of carbonyl (C=O) groups excluding carboxylic acids is 1. The van der Waals surface area contributed by atoms with E-state index in [1.54, 1.807) is 17.0 Å². The molecule has 2 saturated heterocycles. The smallest absolute Gasteiger partial charge is 0.242 e. The summed E-state index contributed by atoms with van der Waals surface area (Å²) in [7, 11) is 1.85. The lowest BCUT2D eigenvalue weighted by Gasteiger charge is -2.24. The number of hydrogen-bond donors (Lipinski definition) is 1.